The zero-order valence-corrected chi connectivity index (χ0v) is 4.13. The van der Waals surface area contributed by atoms with Crippen molar-refractivity contribution in [2.45, 2.75) is 6.43 Å². The maximum Gasteiger partial charge on any atom is 0.559 e. The fourth-order valence-electron chi connectivity index (χ4n) is 0. The molecule has 5 heteroatoms. The van der Waals surface area contributed by atoms with E-state index in [0.717, 1.165) is 0 Å². The smallest absolute Gasteiger partial charge is 0.140 e. The summed E-state index contributed by atoms with van der Waals surface area (Å²) < 4.78 is 38.8. The van der Waals surface area contributed by atoms with Crippen LogP contribution >= 0.6 is 17.0 Å². The Morgan fingerprint density at radius 2 is 0.833 bits per heavy atom. The minimum Gasteiger partial charge on any atom is -0.140 e. The molecule has 0 aromatic heterocycles. The van der Waals surface area contributed by atoms with Crippen LogP contribution in [0.25, 0.3) is 0 Å². The maximum atomic E-state index is 9.69. The summed E-state index contributed by atoms with van der Waals surface area (Å²) in [6.45, 7) is 0. The van der Waals surface area contributed by atoms with Gasteiger partial charge in [0, 0.05) is 0 Å². The zero-order valence-electron chi connectivity index (χ0n) is 2.42. The standard InChI is InChI=1S/CF4.BrH/c2-1(3,4)5;/h;1H. The second-order valence-corrected chi connectivity index (χ2v) is 0.429. The summed E-state index contributed by atoms with van der Waals surface area (Å²) in [5.41, 5.74) is 0. The lowest BCUT2D eigenvalue weighted by atomic mass is 11.5. The van der Waals surface area contributed by atoms with Gasteiger partial charge >= 0.3 is 6.43 Å². The minimum absolute atomic E-state index is 0. The Kier molecular flexibility index (Phi) is 3.78. The van der Waals surface area contributed by atoms with Crippen molar-refractivity contribution in [3.8, 4) is 0 Å². The van der Waals surface area contributed by atoms with Gasteiger partial charge in [-0.25, -0.2) is 0 Å². The summed E-state index contributed by atoms with van der Waals surface area (Å²) in [5, 5.41) is 0. The highest BCUT2D eigenvalue weighted by atomic mass is 79.9. The van der Waals surface area contributed by atoms with Crippen molar-refractivity contribution >= 4 is 17.0 Å². The van der Waals surface area contributed by atoms with Crippen molar-refractivity contribution in [1.29, 1.82) is 0 Å². The molecule has 0 aliphatic heterocycles. The van der Waals surface area contributed by atoms with Crippen LogP contribution in [0.4, 0.5) is 17.6 Å². The first-order valence-corrected chi connectivity index (χ1v) is 0.756. The van der Waals surface area contributed by atoms with Crippen LogP contribution in [0.3, 0.4) is 0 Å². The first-order valence-electron chi connectivity index (χ1n) is 0.756. The first kappa shape index (κ1) is 9.50. The molecule has 0 saturated carbocycles. The van der Waals surface area contributed by atoms with Gasteiger partial charge in [0.05, 0.1) is 0 Å². The molecule has 0 heterocycles. The van der Waals surface area contributed by atoms with Crippen LogP contribution in [0.15, 0.2) is 0 Å². The van der Waals surface area contributed by atoms with E-state index in [9.17, 15) is 17.6 Å². The summed E-state index contributed by atoms with van der Waals surface area (Å²) in [7, 11) is 0. The van der Waals surface area contributed by atoms with Gasteiger partial charge in [0.1, 0.15) is 0 Å². The maximum absolute atomic E-state index is 9.69. The summed E-state index contributed by atoms with van der Waals surface area (Å²) in [6, 6.07) is 0. The van der Waals surface area contributed by atoms with Crippen molar-refractivity contribution in [2.24, 2.45) is 0 Å². The third-order valence-corrected chi connectivity index (χ3v) is 0. The fraction of sp³-hybridized carbons (Fsp3) is 1.00. The number of alkyl halides is 4. The summed E-state index contributed by atoms with van der Waals surface area (Å²) >= 11 is 0. The van der Waals surface area contributed by atoms with Crippen LogP contribution in [0, 0.1) is 0 Å². The van der Waals surface area contributed by atoms with E-state index in [0.29, 0.717) is 0 Å². The molecule has 0 atom stereocenters. The Labute approximate surface area is 41.9 Å². The number of hydrogen-bond donors (Lipinski definition) is 0. The molecule has 0 rings (SSSR count). The Hall–Kier alpha value is 0.200. The molecule has 6 heavy (non-hydrogen) atoms. The molecule has 0 aromatic carbocycles. The summed E-state index contributed by atoms with van der Waals surface area (Å²) in [5.74, 6) is 0. The molecular weight excluding hydrogens is 168 g/mol. The van der Waals surface area contributed by atoms with Crippen LogP contribution < -0.4 is 0 Å². The molecule has 0 amide bonds. The predicted octanol–water partition coefficient (Wildman–Crippen LogP) is 2.05. The molecule has 0 aliphatic rings. The monoisotopic (exact) mass is 168 g/mol. The first-order chi connectivity index (χ1) is 2.00. The Bertz CT molecular complexity index is 23.0. The predicted molar refractivity (Wildman–Crippen MR) is 17.5 cm³/mol. The van der Waals surface area contributed by atoms with Gasteiger partial charge in [-0.2, -0.15) is 0 Å². The molecule has 0 fully saturated rings. The average Bonchev–Trinajstić information content (AvgIpc) is 0.722. The lowest BCUT2D eigenvalue weighted by Gasteiger charge is -1.82. The Morgan fingerprint density at radius 1 is 0.833 bits per heavy atom. The van der Waals surface area contributed by atoms with Gasteiger partial charge in [0.25, 0.3) is 0 Å². The van der Waals surface area contributed by atoms with E-state index in [-0.39, 0.29) is 17.0 Å². The van der Waals surface area contributed by atoms with Crippen molar-refractivity contribution in [3.63, 3.8) is 0 Å². The number of rotatable bonds is 0. The SMILES string of the molecule is Br.FC(F)(F)F. The topological polar surface area (TPSA) is 0 Å². The third-order valence-electron chi connectivity index (χ3n) is 0. The van der Waals surface area contributed by atoms with Gasteiger partial charge in [-0.05, 0) is 0 Å². The van der Waals surface area contributed by atoms with E-state index in [4.69, 9.17) is 0 Å². The number of halogens is 5. The lowest BCUT2D eigenvalue weighted by molar-refractivity contribution is -0.237. The van der Waals surface area contributed by atoms with E-state index in [1.807, 2.05) is 0 Å². The van der Waals surface area contributed by atoms with Crippen LogP contribution in [0.1, 0.15) is 0 Å². The van der Waals surface area contributed by atoms with Crippen LogP contribution in [-0.4, -0.2) is 6.43 Å². The average molecular weight is 169 g/mol. The van der Waals surface area contributed by atoms with Gasteiger partial charge in [-0.3, -0.25) is 0 Å². The van der Waals surface area contributed by atoms with E-state index < -0.39 is 6.43 Å². The highest BCUT2D eigenvalue weighted by Gasteiger charge is 2.24. The van der Waals surface area contributed by atoms with E-state index in [2.05, 4.69) is 0 Å². The summed E-state index contributed by atoms with van der Waals surface area (Å²) in [4.78, 5) is 0. The van der Waals surface area contributed by atoms with Crippen LogP contribution in [0.5, 0.6) is 0 Å². The quantitative estimate of drug-likeness (QED) is 0.486. The van der Waals surface area contributed by atoms with E-state index in [1.54, 1.807) is 0 Å². The van der Waals surface area contributed by atoms with Gasteiger partial charge in [-0.15, -0.1) is 34.5 Å². The minimum atomic E-state index is -5.50. The van der Waals surface area contributed by atoms with E-state index in [1.165, 1.54) is 0 Å². The van der Waals surface area contributed by atoms with Crippen molar-refractivity contribution in [3.05, 3.63) is 0 Å². The Morgan fingerprint density at radius 3 is 0.833 bits per heavy atom. The molecule has 0 saturated heterocycles. The molecule has 0 nitrogen and oxygen atoms in total. The zero-order chi connectivity index (χ0) is 4.50. The summed E-state index contributed by atoms with van der Waals surface area (Å²) in [6.07, 6.45) is -5.50. The van der Waals surface area contributed by atoms with Crippen molar-refractivity contribution in [1.82, 2.24) is 0 Å². The van der Waals surface area contributed by atoms with Crippen LogP contribution in [0.2, 0.25) is 0 Å². The third kappa shape index (κ3) is 1080. The molecule has 0 spiro atoms. The molecule has 40 valence electrons. The molecule has 0 aliphatic carbocycles. The van der Waals surface area contributed by atoms with Gasteiger partial charge in [0.2, 0.25) is 0 Å². The molecule has 0 unspecified atom stereocenters. The van der Waals surface area contributed by atoms with Crippen molar-refractivity contribution in [2.75, 3.05) is 0 Å². The highest BCUT2D eigenvalue weighted by molar-refractivity contribution is 8.93. The lowest BCUT2D eigenvalue weighted by Crippen LogP contribution is -1.92. The Balaban J connectivity index is 0. The van der Waals surface area contributed by atoms with Gasteiger partial charge in [0.15, 0.2) is 0 Å². The molecular formula is CHBrF4. The van der Waals surface area contributed by atoms with Crippen molar-refractivity contribution < 1.29 is 17.6 Å². The van der Waals surface area contributed by atoms with Gasteiger partial charge in [-0.1, -0.05) is 0 Å². The second-order valence-electron chi connectivity index (χ2n) is 0.429. The van der Waals surface area contributed by atoms with Crippen LogP contribution in [-0.2, 0) is 0 Å². The molecule has 0 bridgehead atoms. The second kappa shape index (κ2) is 2.39. The fourth-order valence-corrected chi connectivity index (χ4v) is 0. The largest absolute Gasteiger partial charge is 0.559 e. The molecule has 0 N–H and O–H groups in total. The molecule has 0 aromatic rings. The number of hydrogen-bond acceptors (Lipinski definition) is 0. The van der Waals surface area contributed by atoms with Gasteiger partial charge < -0.3 is 0 Å². The van der Waals surface area contributed by atoms with E-state index >= 15 is 0 Å². The highest BCUT2D eigenvalue weighted by Crippen LogP contribution is 2.13. The molecule has 0 radical (unpaired) electrons. The normalized spacial score (nSPS) is 10.0.